The molecule has 0 atom stereocenters. The van der Waals surface area contributed by atoms with Crippen molar-refractivity contribution in [2.75, 3.05) is 6.54 Å². The Morgan fingerprint density at radius 1 is 1.22 bits per heavy atom. The van der Waals surface area contributed by atoms with Crippen LogP contribution in [0.25, 0.3) is 5.52 Å². The van der Waals surface area contributed by atoms with Crippen LogP contribution >= 0.6 is 0 Å². The Balaban J connectivity index is 2.40. The predicted octanol–water partition coefficient (Wildman–Crippen LogP) is 2.25. The van der Waals surface area contributed by atoms with Crippen molar-refractivity contribution < 1.29 is 9.59 Å². The Morgan fingerprint density at radius 3 is 2.52 bits per heavy atom. The van der Waals surface area contributed by atoms with E-state index in [9.17, 15) is 9.59 Å². The van der Waals surface area contributed by atoms with E-state index in [4.69, 9.17) is 0 Å². The van der Waals surface area contributed by atoms with Gasteiger partial charge in [-0.2, -0.15) is 0 Å². The molecule has 2 aromatic rings. The van der Waals surface area contributed by atoms with E-state index in [1.54, 1.807) is 22.7 Å². The summed E-state index contributed by atoms with van der Waals surface area (Å²) in [7, 11) is 0. The quantitative estimate of drug-likeness (QED) is 0.908. The van der Waals surface area contributed by atoms with Crippen molar-refractivity contribution >= 4 is 17.3 Å². The summed E-state index contributed by atoms with van der Waals surface area (Å²) in [6.07, 6.45) is 1.74. The molecule has 2 heterocycles. The molecule has 6 heteroatoms. The summed E-state index contributed by atoms with van der Waals surface area (Å²) in [6.45, 7) is 10.3. The third kappa shape index (κ3) is 4.09. The van der Waals surface area contributed by atoms with Gasteiger partial charge in [0.2, 0.25) is 5.82 Å². The van der Waals surface area contributed by atoms with Crippen molar-refractivity contribution in [3.63, 3.8) is 0 Å². The summed E-state index contributed by atoms with van der Waals surface area (Å²) >= 11 is 0. The zero-order valence-corrected chi connectivity index (χ0v) is 14.3. The number of carbonyl (C=O) groups is 2. The van der Waals surface area contributed by atoms with Crippen molar-refractivity contribution in [1.29, 1.82) is 0 Å². The van der Waals surface area contributed by atoms with Gasteiger partial charge in [-0.1, -0.05) is 19.9 Å². The number of fused-ring (bicyclic) bond motifs is 1. The van der Waals surface area contributed by atoms with Crippen molar-refractivity contribution in [3.8, 4) is 0 Å². The van der Waals surface area contributed by atoms with Crippen molar-refractivity contribution in [2.24, 2.45) is 5.92 Å². The minimum Gasteiger partial charge on any atom is -0.350 e. The average Bonchev–Trinajstić information content (AvgIpc) is 2.82. The molecule has 0 saturated carbocycles. The van der Waals surface area contributed by atoms with Crippen LogP contribution in [-0.4, -0.2) is 33.3 Å². The molecule has 0 aromatic carbocycles. The Hall–Kier alpha value is -2.37. The summed E-state index contributed by atoms with van der Waals surface area (Å²) in [5.41, 5.74) is 0.510. The van der Waals surface area contributed by atoms with E-state index < -0.39 is 0 Å². The maximum Gasteiger partial charge on any atom is 0.288 e. The minimum absolute atomic E-state index is 0.213. The summed E-state index contributed by atoms with van der Waals surface area (Å²) in [4.78, 5) is 29.1. The highest BCUT2D eigenvalue weighted by molar-refractivity contribution is 6.02. The van der Waals surface area contributed by atoms with Gasteiger partial charge >= 0.3 is 0 Å². The van der Waals surface area contributed by atoms with E-state index in [1.807, 2.05) is 40.7 Å². The molecule has 0 fully saturated rings. The van der Waals surface area contributed by atoms with Crippen LogP contribution < -0.4 is 10.6 Å². The van der Waals surface area contributed by atoms with E-state index in [1.165, 1.54) is 0 Å². The van der Waals surface area contributed by atoms with Crippen LogP contribution in [0.3, 0.4) is 0 Å². The van der Waals surface area contributed by atoms with Gasteiger partial charge in [0.1, 0.15) is 0 Å². The van der Waals surface area contributed by atoms with Gasteiger partial charge in [-0.15, -0.1) is 0 Å². The first-order chi connectivity index (χ1) is 10.7. The third-order valence-corrected chi connectivity index (χ3v) is 3.13. The molecule has 2 amide bonds. The monoisotopic (exact) mass is 316 g/mol. The van der Waals surface area contributed by atoms with Crippen molar-refractivity contribution in [1.82, 2.24) is 20.0 Å². The molecule has 0 aliphatic rings. The van der Waals surface area contributed by atoms with Gasteiger partial charge in [0.05, 0.1) is 5.52 Å². The Morgan fingerprint density at radius 2 is 1.91 bits per heavy atom. The van der Waals surface area contributed by atoms with Gasteiger partial charge in [0.15, 0.2) is 5.69 Å². The summed E-state index contributed by atoms with van der Waals surface area (Å²) in [5.74, 6) is -0.0134. The van der Waals surface area contributed by atoms with E-state index in [2.05, 4.69) is 15.6 Å². The lowest BCUT2D eigenvalue weighted by molar-refractivity contribution is 0.0908. The number of amides is 2. The number of nitrogens with zero attached hydrogens (tertiary/aromatic N) is 2. The number of nitrogens with one attached hydrogen (secondary N) is 2. The van der Waals surface area contributed by atoms with Gasteiger partial charge in [0.25, 0.3) is 11.8 Å². The number of hydrogen-bond acceptors (Lipinski definition) is 3. The fourth-order valence-corrected chi connectivity index (χ4v) is 2.14. The smallest absolute Gasteiger partial charge is 0.288 e. The van der Waals surface area contributed by atoms with Crippen LogP contribution in [-0.2, 0) is 0 Å². The highest BCUT2D eigenvalue weighted by Gasteiger charge is 2.23. The first-order valence-corrected chi connectivity index (χ1v) is 7.77. The molecule has 23 heavy (non-hydrogen) atoms. The molecule has 0 aliphatic heterocycles. The first-order valence-electron chi connectivity index (χ1n) is 7.77. The van der Waals surface area contributed by atoms with Crippen molar-refractivity contribution in [2.45, 2.75) is 40.2 Å². The number of imidazole rings is 1. The van der Waals surface area contributed by atoms with Crippen molar-refractivity contribution in [3.05, 3.63) is 35.9 Å². The molecule has 0 bridgehead atoms. The van der Waals surface area contributed by atoms with Crippen LogP contribution in [0.4, 0.5) is 0 Å². The normalized spacial score (nSPS) is 11.7. The molecular weight excluding hydrogens is 292 g/mol. The average molecular weight is 316 g/mol. The zero-order valence-electron chi connectivity index (χ0n) is 14.3. The molecule has 0 unspecified atom stereocenters. The molecule has 6 nitrogen and oxygen atoms in total. The molecule has 0 saturated heterocycles. The largest absolute Gasteiger partial charge is 0.350 e. The van der Waals surface area contributed by atoms with Crippen LogP contribution in [0.15, 0.2) is 24.4 Å². The second-order valence-corrected chi connectivity index (χ2v) is 7.05. The third-order valence-electron chi connectivity index (χ3n) is 3.13. The Kier molecular flexibility index (Phi) is 4.73. The number of rotatable bonds is 4. The fraction of sp³-hybridized carbons (Fsp3) is 0.471. The van der Waals surface area contributed by atoms with Gasteiger partial charge in [-0.05, 0) is 38.8 Å². The summed E-state index contributed by atoms with van der Waals surface area (Å²) < 4.78 is 1.64. The SMILES string of the molecule is CC(C)CNC(=O)c1nc(C(=O)NC(C)(C)C)n2ccccc12. The predicted molar refractivity (Wildman–Crippen MR) is 89.6 cm³/mol. The minimum atomic E-state index is -0.377. The van der Waals surface area contributed by atoms with Crippen LogP contribution in [0, 0.1) is 5.92 Å². The van der Waals surface area contributed by atoms with Gasteiger partial charge in [0, 0.05) is 18.3 Å². The standard InChI is InChI=1S/C17H24N4O2/c1-11(2)10-18-15(22)13-12-8-6-7-9-21(12)14(19-13)16(23)20-17(3,4)5/h6-9,11H,10H2,1-5H3,(H,18,22)(H,20,23). The highest BCUT2D eigenvalue weighted by Crippen LogP contribution is 2.14. The number of carbonyl (C=O) groups excluding carboxylic acids is 2. The van der Waals surface area contributed by atoms with Crippen LogP contribution in [0.1, 0.15) is 55.7 Å². The topological polar surface area (TPSA) is 75.5 Å². The van der Waals surface area contributed by atoms with Crippen LogP contribution in [0.2, 0.25) is 0 Å². The van der Waals surface area contributed by atoms with Gasteiger partial charge < -0.3 is 10.6 Å². The summed E-state index contributed by atoms with van der Waals surface area (Å²) in [5, 5.41) is 5.72. The molecule has 0 aliphatic carbocycles. The van der Waals surface area contributed by atoms with Crippen LogP contribution in [0.5, 0.6) is 0 Å². The molecule has 0 spiro atoms. The zero-order chi connectivity index (χ0) is 17.2. The van der Waals surface area contributed by atoms with E-state index in [0.717, 1.165) is 0 Å². The van der Waals surface area contributed by atoms with E-state index >= 15 is 0 Å². The van der Waals surface area contributed by atoms with Gasteiger partial charge in [-0.3, -0.25) is 14.0 Å². The second-order valence-electron chi connectivity index (χ2n) is 7.05. The maximum absolute atomic E-state index is 12.5. The lowest BCUT2D eigenvalue weighted by Gasteiger charge is -2.19. The summed E-state index contributed by atoms with van der Waals surface area (Å²) in [6, 6.07) is 5.41. The fourth-order valence-electron chi connectivity index (χ4n) is 2.14. The van der Waals surface area contributed by atoms with E-state index in [0.29, 0.717) is 18.0 Å². The molecule has 0 radical (unpaired) electrons. The van der Waals surface area contributed by atoms with Gasteiger partial charge in [-0.25, -0.2) is 4.98 Å². The maximum atomic E-state index is 12.5. The molecule has 2 aromatic heterocycles. The number of aromatic nitrogens is 2. The Labute approximate surface area is 136 Å². The lowest BCUT2D eigenvalue weighted by atomic mass is 10.1. The van der Waals surface area contributed by atoms with E-state index in [-0.39, 0.29) is 28.9 Å². The molecule has 2 N–H and O–H groups in total. The molecule has 124 valence electrons. The Bertz CT molecular complexity index is 726. The second kappa shape index (κ2) is 6.40. The first kappa shape index (κ1) is 17.0. The molecule has 2 rings (SSSR count). The lowest BCUT2D eigenvalue weighted by Crippen LogP contribution is -2.41. The molecular formula is C17H24N4O2. The number of hydrogen-bond donors (Lipinski definition) is 2. The highest BCUT2D eigenvalue weighted by atomic mass is 16.2. The number of pyridine rings is 1.